The molecule has 25 heteroatoms. The second kappa shape index (κ2) is 75.6. The van der Waals surface area contributed by atoms with Crippen LogP contribution in [0.5, 0.6) is 0 Å². The van der Waals surface area contributed by atoms with Gasteiger partial charge in [-0.25, -0.2) is 0 Å². The van der Waals surface area contributed by atoms with E-state index < -0.39 is 15.6 Å². The fourth-order valence-electron chi connectivity index (χ4n) is 0.122. The average molecular weight is 683 g/mol. The average Bonchev–Trinajstić information content (AvgIpc) is 1.14. The van der Waals surface area contributed by atoms with Crippen LogP contribution in [-0.4, -0.2) is 529 Å². The molecule has 25 heavy (non-hydrogen) atoms. The van der Waals surface area contributed by atoms with Crippen LogP contribution in [-0.2, 0) is 13.4 Å². The molecule has 0 aliphatic carbocycles. The van der Waals surface area contributed by atoms with E-state index in [1.54, 1.807) is 0 Å². The standard InChI is InChI=1S/8K.8Na.H4O7P2.12H/c;;;;;;;;;;;;;;;;1-8(2,3)7-9(4,5)6;;;;;;;;;;;;/h;;;;;;;;;;;;;;;;(H2,1,2,3)(H2,4,5,6);;;;;;;;;;;;/q;;;;;;;;;;;;4*+1;;;;;;;;;;;;;/p-4. The van der Waals surface area contributed by atoms with Crippen molar-refractivity contribution in [2.75, 3.05) is 0 Å². The third-order valence-electron chi connectivity index (χ3n) is 0.200. The van der Waals surface area contributed by atoms with Crippen LogP contribution in [0.2, 0.25) is 0 Å². The molecule has 0 saturated carbocycles. The number of phosphoric acid groups is 2. The quantitative estimate of drug-likeness (QED) is 0.209. The zero-order valence-electron chi connectivity index (χ0n) is 7.75. The minimum absolute atomic E-state index is 0. The number of hydrogen-bond acceptors (Lipinski definition) is 7. The fourth-order valence-corrected chi connectivity index (χ4v) is 1.10. The van der Waals surface area contributed by atoms with Gasteiger partial charge in [0, 0.05) is 0 Å². The third kappa shape index (κ3) is 114. The van der Waals surface area contributed by atoms with Gasteiger partial charge in [0.05, 0.1) is 15.6 Å². The summed E-state index contributed by atoms with van der Waals surface area (Å²) >= 11 is 0. The minimum atomic E-state index is -5.68. The van der Waals surface area contributed by atoms with Gasteiger partial charge < -0.3 is 33.0 Å². The van der Waals surface area contributed by atoms with E-state index in [-0.39, 0.29) is 648 Å². The van der Waals surface area contributed by atoms with Crippen molar-refractivity contribution in [2.45, 2.75) is 0 Å². The molecule has 7 nitrogen and oxygen atoms in total. The number of rotatable bonds is 2. The van der Waals surface area contributed by atoms with Crippen LogP contribution < -0.4 is 138 Å². The van der Waals surface area contributed by atoms with Crippen LogP contribution in [0, 0.1) is 0 Å². The Hall–Kier alpha value is 21.4. The molecule has 0 radical (unpaired) electrons. The molecule has 0 rings (SSSR count). The summed E-state index contributed by atoms with van der Waals surface area (Å²) in [7, 11) is -11.4. The zero-order chi connectivity index (χ0) is 7.71. The first-order valence-electron chi connectivity index (χ1n) is 1.46. The van der Waals surface area contributed by atoms with E-state index in [2.05, 4.69) is 4.31 Å². The predicted octanol–water partition coefficient (Wildman–Crippen LogP) is -23.1. The van der Waals surface area contributed by atoms with Gasteiger partial charge in [0.15, 0.2) is 0 Å². The van der Waals surface area contributed by atoms with Gasteiger partial charge in [-0.2, -0.15) is 0 Å². The van der Waals surface area contributed by atoms with Gasteiger partial charge in [-0.1, -0.05) is 0 Å². The second-order valence-corrected chi connectivity index (χ2v) is 3.42. The molecule has 0 amide bonds. The van der Waals surface area contributed by atoms with Crippen molar-refractivity contribution in [1.82, 2.24) is 0 Å². The van der Waals surface area contributed by atoms with Crippen LogP contribution in [0.1, 0.15) is 0 Å². The van der Waals surface area contributed by atoms with Gasteiger partial charge in [-0.15, -0.1) is 0 Å². The van der Waals surface area contributed by atoms with E-state index in [4.69, 9.17) is 0 Å². The van der Waals surface area contributed by atoms with E-state index in [1.807, 2.05) is 0 Å². The molecule has 0 aromatic rings. The molecule has 0 aromatic heterocycles. The summed E-state index contributed by atoms with van der Waals surface area (Å²) in [5.41, 5.74) is 0. The van der Waals surface area contributed by atoms with E-state index in [0.717, 1.165) is 0 Å². The van der Waals surface area contributed by atoms with Crippen LogP contribution in [0.15, 0.2) is 0 Å². The maximum absolute atomic E-state index is 9.32. The van der Waals surface area contributed by atoms with Gasteiger partial charge in [0.2, 0.25) is 0 Å². The third-order valence-corrected chi connectivity index (χ3v) is 1.80. The van der Waals surface area contributed by atoms with Crippen LogP contribution >= 0.6 is 15.6 Å². The van der Waals surface area contributed by atoms with Gasteiger partial charge in [-0.05, 0) is 0 Å². The first-order valence-corrected chi connectivity index (χ1v) is 4.38. The Kier molecular flexibility index (Phi) is 335. The van der Waals surface area contributed by atoms with Crippen LogP contribution in [0.4, 0.5) is 0 Å². The molecular formula is H12K8Na8O7P2. The van der Waals surface area contributed by atoms with E-state index in [1.165, 1.54) is 0 Å². The molecule has 0 atom stereocenters. The summed E-state index contributed by atoms with van der Waals surface area (Å²) in [6.07, 6.45) is 0. The molecule has 0 unspecified atom stereocenters. The molecule has 0 saturated heterocycles. The van der Waals surface area contributed by atoms with Crippen molar-refractivity contribution in [3.05, 3.63) is 0 Å². The molecule has 0 heterocycles. The topological polar surface area (TPSA) is 136 Å². The Bertz CT molecular complexity index is 187. The van der Waals surface area contributed by atoms with Crippen molar-refractivity contribution in [3.63, 3.8) is 0 Å². The Morgan fingerprint density at radius 2 is 0.520 bits per heavy atom. The monoisotopic (exact) mass is 682 g/mol. The van der Waals surface area contributed by atoms with E-state index in [9.17, 15) is 28.7 Å². The fraction of sp³-hybridized carbons (Fsp3) is 0. The molecule has 0 spiro atoms. The van der Waals surface area contributed by atoms with Crippen LogP contribution in [0.25, 0.3) is 0 Å². The summed E-state index contributed by atoms with van der Waals surface area (Å²) in [4.78, 5) is 37.3. The normalized spacial score (nSPS) is 4.96. The molecule has 0 aliphatic heterocycles. The Morgan fingerprint density at radius 3 is 0.520 bits per heavy atom. The van der Waals surface area contributed by atoms with Gasteiger partial charge in [0.1, 0.15) is 0 Å². The predicted molar refractivity (Wildman–Crippen MR) is 102 cm³/mol. The van der Waals surface area contributed by atoms with Crippen molar-refractivity contribution >= 4 is 545 Å². The Morgan fingerprint density at radius 1 is 0.440 bits per heavy atom. The molecular weight excluding hydrogens is 671 g/mol. The molecule has 0 fully saturated rings. The van der Waals surface area contributed by atoms with E-state index >= 15 is 0 Å². The van der Waals surface area contributed by atoms with Crippen molar-refractivity contribution in [3.8, 4) is 0 Å². The summed E-state index contributed by atoms with van der Waals surface area (Å²) in [6.45, 7) is 0. The summed E-state index contributed by atoms with van der Waals surface area (Å²) < 4.78 is 21.2. The second-order valence-electron chi connectivity index (χ2n) is 0.976. The van der Waals surface area contributed by atoms with Gasteiger partial charge >= 0.3 is 648 Å². The molecule has 0 N–H and O–H groups in total. The molecule has 0 bridgehead atoms. The Labute approximate surface area is 668 Å². The van der Waals surface area contributed by atoms with Crippen molar-refractivity contribution < 1.29 is 151 Å². The molecule has 80 valence electrons. The molecule has 0 aromatic carbocycles. The summed E-state index contributed by atoms with van der Waals surface area (Å²) in [5, 5.41) is 0. The van der Waals surface area contributed by atoms with Crippen LogP contribution in [0.3, 0.4) is 0 Å². The summed E-state index contributed by atoms with van der Waals surface area (Å²) in [5.74, 6) is 0. The van der Waals surface area contributed by atoms with Crippen molar-refractivity contribution in [2.24, 2.45) is 0 Å². The first-order chi connectivity index (χ1) is 3.71. The van der Waals surface area contributed by atoms with Crippen molar-refractivity contribution in [1.29, 1.82) is 0 Å². The SMILES string of the molecule is O=P([O-])([O-])OP(=O)([O-])[O-].[KH].[KH].[KH].[KH].[KH].[KH].[KH].[KH].[Na+].[Na+].[Na+].[Na+].[NaH].[NaH].[NaH].[NaH]. The first kappa shape index (κ1) is 111. The van der Waals surface area contributed by atoms with Gasteiger partial charge in [0.25, 0.3) is 0 Å². The number of hydrogen-bond donors (Lipinski definition) is 0. The molecule has 0 aliphatic rings. The zero-order valence-corrected chi connectivity index (χ0v) is 17.5. The summed E-state index contributed by atoms with van der Waals surface area (Å²) in [6, 6.07) is 0. The maximum atomic E-state index is 9.32. The Balaban J connectivity index is -0.00000000267. The van der Waals surface area contributed by atoms with E-state index in [0.29, 0.717) is 0 Å². The van der Waals surface area contributed by atoms with Gasteiger partial charge in [-0.3, -0.25) is 0 Å².